The number of Topliss-reactive ketones (excluding diaryl/α,β-unsaturated/α-hetero) is 1. The Balaban J connectivity index is 1.83. The Kier molecular flexibility index (Phi) is 8.95. The molecule has 0 saturated carbocycles. The van der Waals surface area contributed by atoms with Crippen LogP contribution in [0, 0.1) is 0 Å². The predicted molar refractivity (Wildman–Crippen MR) is 176 cm³/mol. The number of methoxy groups -OCH3 is 1. The van der Waals surface area contributed by atoms with Crippen LogP contribution in [0.2, 0.25) is 24.7 Å². The van der Waals surface area contributed by atoms with Crippen LogP contribution in [0.4, 0.5) is 0 Å². The molecule has 1 aliphatic rings. The minimum Gasteiger partial charge on any atom is -0.497 e. The summed E-state index contributed by atoms with van der Waals surface area (Å²) in [7, 11) is -2.94. The van der Waals surface area contributed by atoms with Gasteiger partial charge in [0.15, 0.2) is 5.78 Å². The average molecular weight is 634 g/mol. The molecule has 4 rings (SSSR count). The van der Waals surface area contributed by atoms with Gasteiger partial charge in [-0.2, -0.15) is 0 Å². The first-order valence-electron chi connectivity index (χ1n) is 13.9. The summed E-state index contributed by atoms with van der Waals surface area (Å²) in [6.07, 6.45) is 5.04. The fourth-order valence-electron chi connectivity index (χ4n) is 5.83. The molecule has 0 heterocycles. The molecule has 0 aliphatic heterocycles. The van der Waals surface area contributed by atoms with Gasteiger partial charge in [-0.1, -0.05) is 125 Å². The first-order chi connectivity index (χ1) is 18.8. The Morgan fingerprint density at radius 1 is 0.800 bits per heavy atom. The number of ketones is 1. The molecule has 3 nitrogen and oxygen atoms in total. The summed E-state index contributed by atoms with van der Waals surface area (Å²) >= 11 is 3.66. The van der Waals surface area contributed by atoms with Crippen LogP contribution < -0.4 is 15.1 Å². The molecule has 0 amide bonds. The summed E-state index contributed by atoms with van der Waals surface area (Å²) in [6, 6.07) is 29.7. The fraction of sp³-hybridized carbons (Fsp3) is 0.324. The molecule has 0 radical (unpaired) electrons. The highest BCUT2D eigenvalue weighted by atomic mass is 79.9. The lowest BCUT2D eigenvalue weighted by molar-refractivity contribution is -0.111. The second-order valence-corrected chi connectivity index (χ2v) is 22.9. The van der Waals surface area contributed by atoms with Crippen molar-refractivity contribution in [3.05, 3.63) is 112 Å². The molecule has 40 heavy (non-hydrogen) atoms. The van der Waals surface area contributed by atoms with E-state index in [9.17, 15) is 4.79 Å². The highest BCUT2D eigenvalue weighted by molar-refractivity contribution is 9.12. The van der Waals surface area contributed by atoms with E-state index >= 15 is 0 Å². The number of carbonyl (C=O) groups is 1. The second kappa shape index (κ2) is 11.8. The molecule has 0 fully saturated rings. The largest absolute Gasteiger partial charge is 0.497 e. The van der Waals surface area contributed by atoms with Gasteiger partial charge in [0.05, 0.1) is 19.7 Å². The van der Waals surface area contributed by atoms with Crippen molar-refractivity contribution in [1.82, 2.24) is 0 Å². The van der Waals surface area contributed by atoms with Gasteiger partial charge in [0.1, 0.15) is 5.75 Å². The van der Waals surface area contributed by atoms with Gasteiger partial charge in [0.2, 0.25) is 0 Å². The lowest BCUT2D eigenvalue weighted by Crippen LogP contribution is -2.66. The van der Waals surface area contributed by atoms with E-state index in [0.29, 0.717) is 17.5 Å². The standard InChI is InChI=1S/C34H41BrO3Si2/c1-33(2,3)40(28-14-10-8-11-15-28,29-16-12-9-13-17-29)38-23-22-34(26-18-20-27(37-4)21-19-26)24-30(35)32(36)31(25-34)39(5,6)7/h8-21,24-25H,22-23H2,1-7H3. The van der Waals surface area contributed by atoms with Crippen LogP contribution in [0.3, 0.4) is 0 Å². The first-order valence-corrected chi connectivity index (χ1v) is 20.1. The van der Waals surface area contributed by atoms with Gasteiger partial charge >= 0.3 is 0 Å². The van der Waals surface area contributed by atoms with Crippen molar-refractivity contribution in [1.29, 1.82) is 0 Å². The Morgan fingerprint density at radius 2 is 1.32 bits per heavy atom. The van der Waals surface area contributed by atoms with Gasteiger partial charge in [-0.25, -0.2) is 0 Å². The highest BCUT2D eigenvalue weighted by Gasteiger charge is 2.50. The maximum Gasteiger partial charge on any atom is 0.261 e. The SMILES string of the molecule is COc1ccc(C2(CCO[Si](c3ccccc3)(c3ccccc3)C(C)(C)C)C=C(Br)C(=O)C([Si](C)(C)C)=C2)cc1. The van der Waals surface area contributed by atoms with Crippen molar-refractivity contribution >= 4 is 48.5 Å². The van der Waals surface area contributed by atoms with Gasteiger partial charge in [0.25, 0.3) is 8.32 Å². The van der Waals surface area contributed by atoms with Crippen molar-refractivity contribution in [2.24, 2.45) is 0 Å². The Morgan fingerprint density at radius 3 is 1.77 bits per heavy atom. The van der Waals surface area contributed by atoms with E-state index in [1.165, 1.54) is 10.4 Å². The van der Waals surface area contributed by atoms with Gasteiger partial charge in [0, 0.05) is 12.0 Å². The predicted octanol–water partition coefficient (Wildman–Crippen LogP) is 7.57. The third-order valence-electron chi connectivity index (χ3n) is 7.93. The Bertz CT molecular complexity index is 1350. The number of hydrogen-bond donors (Lipinski definition) is 0. The molecule has 1 unspecified atom stereocenters. The van der Waals surface area contributed by atoms with Gasteiger partial charge in [-0.15, -0.1) is 0 Å². The Labute approximate surface area is 250 Å². The van der Waals surface area contributed by atoms with Crippen molar-refractivity contribution < 1.29 is 14.0 Å². The maximum absolute atomic E-state index is 13.3. The monoisotopic (exact) mass is 632 g/mol. The third kappa shape index (κ3) is 5.91. The maximum atomic E-state index is 13.3. The number of benzene rings is 3. The fourth-order valence-corrected chi connectivity index (χ4v) is 12.7. The molecule has 1 aliphatic carbocycles. The molecule has 210 valence electrons. The molecule has 0 aromatic heterocycles. The molecule has 3 aromatic carbocycles. The van der Waals surface area contributed by atoms with Crippen LogP contribution in [0.15, 0.2) is 107 Å². The molecular weight excluding hydrogens is 592 g/mol. The van der Waals surface area contributed by atoms with E-state index < -0.39 is 21.8 Å². The smallest absolute Gasteiger partial charge is 0.261 e. The number of ether oxygens (including phenoxy) is 1. The van der Waals surface area contributed by atoms with Crippen LogP contribution in [-0.2, 0) is 14.6 Å². The molecule has 0 bridgehead atoms. The molecule has 0 N–H and O–H groups in total. The van der Waals surface area contributed by atoms with E-state index in [1.807, 2.05) is 12.1 Å². The van der Waals surface area contributed by atoms with E-state index in [1.54, 1.807) is 7.11 Å². The molecular formula is C34H41BrO3Si2. The first kappa shape index (κ1) is 30.4. The summed E-state index contributed by atoms with van der Waals surface area (Å²) in [6.45, 7) is 14.2. The quantitative estimate of drug-likeness (QED) is 0.228. The van der Waals surface area contributed by atoms with Crippen molar-refractivity contribution in [3.8, 4) is 5.75 Å². The van der Waals surface area contributed by atoms with E-state index in [0.717, 1.165) is 16.5 Å². The molecule has 1 atom stereocenters. The second-order valence-electron chi connectivity index (χ2n) is 12.7. The minimum absolute atomic E-state index is 0.108. The van der Waals surface area contributed by atoms with Crippen LogP contribution >= 0.6 is 15.9 Å². The molecule has 0 spiro atoms. The van der Waals surface area contributed by atoms with E-state index in [-0.39, 0.29) is 10.8 Å². The number of halogens is 1. The molecule has 3 aromatic rings. The van der Waals surface area contributed by atoms with Gasteiger partial charge in [-0.3, -0.25) is 4.79 Å². The van der Waals surface area contributed by atoms with Crippen molar-refractivity contribution in [2.45, 2.75) is 57.3 Å². The summed E-state index contributed by atoms with van der Waals surface area (Å²) in [5, 5.41) is 3.37. The zero-order chi connectivity index (χ0) is 29.2. The zero-order valence-electron chi connectivity index (χ0n) is 24.8. The third-order valence-corrected chi connectivity index (χ3v) is 15.6. The Hall–Kier alpha value is -2.52. The highest BCUT2D eigenvalue weighted by Crippen LogP contribution is 2.43. The van der Waals surface area contributed by atoms with Crippen molar-refractivity contribution in [3.63, 3.8) is 0 Å². The normalized spacial score (nSPS) is 18.2. The lowest BCUT2D eigenvalue weighted by Gasteiger charge is -2.44. The van der Waals surface area contributed by atoms with Gasteiger partial charge < -0.3 is 9.16 Å². The van der Waals surface area contributed by atoms with Crippen LogP contribution in [0.1, 0.15) is 32.8 Å². The number of carbonyl (C=O) groups excluding carboxylic acids is 1. The topological polar surface area (TPSA) is 35.5 Å². The van der Waals surface area contributed by atoms with Crippen LogP contribution in [0.5, 0.6) is 5.75 Å². The van der Waals surface area contributed by atoms with Crippen LogP contribution in [0.25, 0.3) is 0 Å². The number of allylic oxidation sites excluding steroid dienone is 4. The van der Waals surface area contributed by atoms with Crippen LogP contribution in [-0.4, -0.2) is 35.9 Å². The number of hydrogen-bond acceptors (Lipinski definition) is 3. The summed E-state index contributed by atoms with van der Waals surface area (Å²) in [5.41, 5.74) is 0.638. The average Bonchev–Trinajstić information content (AvgIpc) is 2.92. The number of rotatable bonds is 9. The lowest BCUT2D eigenvalue weighted by atomic mass is 9.75. The molecule has 0 saturated heterocycles. The zero-order valence-corrected chi connectivity index (χ0v) is 28.3. The summed E-state index contributed by atoms with van der Waals surface area (Å²) < 4.78 is 13.4. The van der Waals surface area contributed by atoms with E-state index in [2.05, 4.69) is 141 Å². The van der Waals surface area contributed by atoms with E-state index in [4.69, 9.17) is 9.16 Å². The van der Waals surface area contributed by atoms with Crippen molar-refractivity contribution in [2.75, 3.05) is 13.7 Å². The summed E-state index contributed by atoms with van der Waals surface area (Å²) in [5.74, 6) is 0.919. The van der Waals surface area contributed by atoms with Gasteiger partial charge in [-0.05, 0) is 60.7 Å². The molecule has 6 heteroatoms. The minimum atomic E-state index is -2.70. The summed E-state index contributed by atoms with van der Waals surface area (Å²) in [4.78, 5) is 13.3.